The van der Waals surface area contributed by atoms with E-state index in [9.17, 15) is 14.0 Å². The number of nitrogens with zero attached hydrogens (tertiary/aromatic N) is 3. The number of morpholine rings is 1. The zero-order chi connectivity index (χ0) is 18.5. The van der Waals surface area contributed by atoms with E-state index < -0.39 is 0 Å². The molecule has 0 aliphatic carbocycles. The van der Waals surface area contributed by atoms with Gasteiger partial charge in [0.05, 0.1) is 25.8 Å². The number of amides is 2. The standard InChI is InChI=1S/C19H26FN3O3/c1-2-17(21-8-10-26-11-9-21)19(25)23-7-6-22(18(24)14-23)13-15-4-3-5-16(20)12-15/h3-5,12,17H,2,6-11,13-14H2,1H3. The summed E-state index contributed by atoms with van der Waals surface area (Å²) in [5.74, 6) is -0.376. The second kappa shape index (κ2) is 8.60. The molecule has 1 aromatic rings. The fraction of sp³-hybridized carbons (Fsp3) is 0.579. The number of carbonyl (C=O) groups excluding carboxylic acids is 2. The zero-order valence-corrected chi connectivity index (χ0v) is 15.2. The van der Waals surface area contributed by atoms with Crippen LogP contribution in [0.15, 0.2) is 24.3 Å². The van der Waals surface area contributed by atoms with E-state index in [2.05, 4.69) is 4.90 Å². The monoisotopic (exact) mass is 363 g/mol. The Balaban J connectivity index is 1.58. The smallest absolute Gasteiger partial charge is 0.242 e. The Morgan fingerprint density at radius 1 is 1.23 bits per heavy atom. The number of hydrogen-bond donors (Lipinski definition) is 0. The summed E-state index contributed by atoms with van der Waals surface area (Å²) in [4.78, 5) is 30.9. The summed E-state index contributed by atoms with van der Waals surface area (Å²) < 4.78 is 18.7. The highest BCUT2D eigenvalue weighted by molar-refractivity contribution is 5.88. The van der Waals surface area contributed by atoms with Crippen LogP contribution in [0.4, 0.5) is 4.39 Å². The number of carbonyl (C=O) groups is 2. The van der Waals surface area contributed by atoms with Crippen LogP contribution in [0.5, 0.6) is 0 Å². The molecule has 2 aliphatic rings. The molecule has 1 aromatic carbocycles. The van der Waals surface area contributed by atoms with E-state index in [1.165, 1.54) is 12.1 Å². The molecule has 0 aromatic heterocycles. The van der Waals surface area contributed by atoms with E-state index in [0.29, 0.717) is 32.8 Å². The lowest BCUT2D eigenvalue weighted by Crippen LogP contribution is -2.57. The van der Waals surface area contributed by atoms with Gasteiger partial charge in [0.1, 0.15) is 5.82 Å². The number of hydrogen-bond acceptors (Lipinski definition) is 4. The second-order valence-electron chi connectivity index (χ2n) is 6.78. The van der Waals surface area contributed by atoms with E-state index in [1.807, 2.05) is 6.92 Å². The third-order valence-corrected chi connectivity index (χ3v) is 5.05. The lowest BCUT2D eigenvalue weighted by molar-refractivity contribution is -0.149. The maximum absolute atomic E-state index is 13.3. The first-order valence-electron chi connectivity index (χ1n) is 9.21. The number of ether oxygens (including phenoxy) is 1. The van der Waals surface area contributed by atoms with E-state index in [0.717, 1.165) is 25.1 Å². The van der Waals surface area contributed by atoms with Crippen LogP contribution < -0.4 is 0 Å². The van der Waals surface area contributed by atoms with Crippen LogP contribution in [0, 0.1) is 5.82 Å². The molecule has 1 unspecified atom stereocenters. The van der Waals surface area contributed by atoms with E-state index in [-0.39, 0.29) is 30.2 Å². The molecule has 2 amide bonds. The molecule has 0 saturated carbocycles. The van der Waals surface area contributed by atoms with Crippen LogP contribution in [0.25, 0.3) is 0 Å². The van der Waals surface area contributed by atoms with Crippen molar-refractivity contribution in [2.75, 3.05) is 45.9 Å². The molecule has 2 fully saturated rings. The molecule has 0 spiro atoms. The lowest BCUT2D eigenvalue weighted by Gasteiger charge is -2.39. The van der Waals surface area contributed by atoms with Crippen molar-refractivity contribution in [3.63, 3.8) is 0 Å². The molecule has 0 radical (unpaired) electrons. The van der Waals surface area contributed by atoms with Gasteiger partial charge in [-0.25, -0.2) is 4.39 Å². The largest absolute Gasteiger partial charge is 0.379 e. The first-order valence-corrected chi connectivity index (χ1v) is 9.21. The summed E-state index contributed by atoms with van der Waals surface area (Å²) >= 11 is 0. The first-order chi connectivity index (χ1) is 12.6. The summed E-state index contributed by atoms with van der Waals surface area (Å²) in [6.07, 6.45) is 0.719. The fourth-order valence-electron chi connectivity index (χ4n) is 3.61. The molecule has 2 aliphatic heterocycles. The van der Waals surface area contributed by atoms with Gasteiger partial charge in [0.25, 0.3) is 0 Å². The van der Waals surface area contributed by atoms with E-state index in [1.54, 1.807) is 21.9 Å². The Labute approximate surface area is 153 Å². The minimum atomic E-state index is -0.305. The van der Waals surface area contributed by atoms with Gasteiger partial charge in [0, 0.05) is 32.7 Å². The summed E-state index contributed by atoms with van der Waals surface area (Å²) in [6, 6.07) is 6.08. The van der Waals surface area contributed by atoms with Crippen LogP contribution in [0.3, 0.4) is 0 Å². The maximum Gasteiger partial charge on any atom is 0.242 e. The van der Waals surface area contributed by atoms with Gasteiger partial charge in [-0.05, 0) is 24.1 Å². The third kappa shape index (κ3) is 4.40. The molecule has 0 bridgehead atoms. The summed E-state index contributed by atoms with van der Waals surface area (Å²) in [6.45, 7) is 6.24. The minimum Gasteiger partial charge on any atom is -0.379 e. The Kier molecular flexibility index (Phi) is 6.21. The van der Waals surface area contributed by atoms with E-state index in [4.69, 9.17) is 4.74 Å². The van der Waals surface area contributed by atoms with Crippen molar-refractivity contribution >= 4 is 11.8 Å². The highest BCUT2D eigenvalue weighted by Crippen LogP contribution is 2.15. The number of piperazine rings is 1. The highest BCUT2D eigenvalue weighted by atomic mass is 19.1. The molecule has 142 valence electrons. The molecule has 1 atom stereocenters. The molecule has 2 saturated heterocycles. The van der Waals surface area contributed by atoms with Crippen molar-refractivity contribution in [3.05, 3.63) is 35.6 Å². The van der Waals surface area contributed by atoms with Gasteiger partial charge < -0.3 is 14.5 Å². The van der Waals surface area contributed by atoms with Crippen LogP contribution in [-0.4, -0.2) is 78.5 Å². The van der Waals surface area contributed by atoms with Crippen LogP contribution >= 0.6 is 0 Å². The normalized spacial score (nSPS) is 20.3. The Bertz CT molecular complexity index is 649. The van der Waals surface area contributed by atoms with Crippen LogP contribution in [0.2, 0.25) is 0 Å². The second-order valence-corrected chi connectivity index (χ2v) is 6.78. The van der Waals surface area contributed by atoms with Gasteiger partial charge in [-0.2, -0.15) is 0 Å². The van der Waals surface area contributed by atoms with Gasteiger partial charge in [-0.3, -0.25) is 14.5 Å². The molecule has 2 heterocycles. The van der Waals surface area contributed by atoms with Crippen molar-refractivity contribution in [1.82, 2.24) is 14.7 Å². The summed E-state index contributed by atoms with van der Waals surface area (Å²) in [7, 11) is 0. The minimum absolute atomic E-state index is 0.0214. The van der Waals surface area contributed by atoms with Crippen molar-refractivity contribution in [1.29, 1.82) is 0 Å². The quantitative estimate of drug-likeness (QED) is 0.786. The van der Waals surface area contributed by atoms with Gasteiger partial charge in [0.15, 0.2) is 0 Å². The predicted octanol–water partition coefficient (Wildman–Crippen LogP) is 1.11. The first kappa shape index (κ1) is 18.8. The van der Waals surface area contributed by atoms with Crippen molar-refractivity contribution in [2.45, 2.75) is 25.9 Å². The topological polar surface area (TPSA) is 53.1 Å². The zero-order valence-electron chi connectivity index (χ0n) is 15.2. The van der Waals surface area contributed by atoms with Crippen molar-refractivity contribution in [2.24, 2.45) is 0 Å². The number of halogens is 1. The third-order valence-electron chi connectivity index (χ3n) is 5.05. The van der Waals surface area contributed by atoms with Crippen LogP contribution in [-0.2, 0) is 20.9 Å². The van der Waals surface area contributed by atoms with Gasteiger partial charge in [0.2, 0.25) is 11.8 Å². The average molecular weight is 363 g/mol. The number of rotatable bonds is 5. The fourth-order valence-corrected chi connectivity index (χ4v) is 3.61. The molecule has 26 heavy (non-hydrogen) atoms. The Hall–Kier alpha value is -1.99. The van der Waals surface area contributed by atoms with Gasteiger partial charge >= 0.3 is 0 Å². The molecule has 0 N–H and O–H groups in total. The summed E-state index contributed by atoms with van der Waals surface area (Å²) in [5.41, 5.74) is 0.762. The summed E-state index contributed by atoms with van der Waals surface area (Å²) in [5, 5.41) is 0. The highest BCUT2D eigenvalue weighted by Gasteiger charge is 2.33. The van der Waals surface area contributed by atoms with Crippen molar-refractivity contribution < 1.29 is 18.7 Å². The maximum atomic E-state index is 13.3. The van der Waals surface area contributed by atoms with E-state index >= 15 is 0 Å². The van der Waals surface area contributed by atoms with Gasteiger partial charge in [-0.1, -0.05) is 19.1 Å². The SMILES string of the molecule is CCC(C(=O)N1CCN(Cc2cccc(F)c2)C(=O)C1)N1CCOCC1. The van der Waals surface area contributed by atoms with Gasteiger partial charge in [-0.15, -0.1) is 0 Å². The van der Waals surface area contributed by atoms with Crippen molar-refractivity contribution in [3.8, 4) is 0 Å². The van der Waals surface area contributed by atoms with Crippen LogP contribution in [0.1, 0.15) is 18.9 Å². The Morgan fingerprint density at radius 3 is 2.65 bits per heavy atom. The number of benzene rings is 1. The molecule has 7 heteroatoms. The molecule has 6 nitrogen and oxygen atoms in total. The molecular formula is C19H26FN3O3. The average Bonchev–Trinajstić information content (AvgIpc) is 2.65. The molecular weight excluding hydrogens is 337 g/mol. The lowest BCUT2D eigenvalue weighted by atomic mass is 10.1. The Morgan fingerprint density at radius 2 is 2.00 bits per heavy atom. The predicted molar refractivity (Wildman–Crippen MR) is 94.9 cm³/mol. The molecule has 3 rings (SSSR count).